The number of methoxy groups -OCH3 is 1. The number of carbonyl (C=O) groups is 1. The van der Waals surface area contributed by atoms with Gasteiger partial charge in [-0.2, -0.15) is 0 Å². The smallest absolute Gasteiger partial charge is 0.308 e. The summed E-state index contributed by atoms with van der Waals surface area (Å²) in [6.07, 6.45) is 1.54. The Morgan fingerprint density at radius 1 is 1.25 bits per heavy atom. The molecule has 0 saturated heterocycles. The lowest BCUT2D eigenvalue weighted by atomic mass is 10.2. The van der Waals surface area contributed by atoms with Crippen molar-refractivity contribution in [3.8, 4) is 5.75 Å². The van der Waals surface area contributed by atoms with Crippen molar-refractivity contribution in [3.63, 3.8) is 0 Å². The number of hydrogen-bond acceptors (Lipinski definition) is 6. The van der Waals surface area contributed by atoms with Crippen LogP contribution in [-0.4, -0.2) is 38.8 Å². The lowest BCUT2D eigenvalue weighted by molar-refractivity contribution is -0.116. The van der Waals surface area contributed by atoms with E-state index >= 15 is 0 Å². The van der Waals surface area contributed by atoms with Gasteiger partial charge in [0.1, 0.15) is 5.75 Å². The number of ether oxygens (including phenoxy) is 1. The molecule has 1 aromatic heterocycles. The molecule has 0 aliphatic carbocycles. The van der Waals surface area contributed by atoms with Gasteiger partial charge < -0.3 is 10.1 Å². The minimum absolute atomic E-state index is 0.0366. The van der Waals surface area contributed by atoms with Crippen LogP contribution in [0.2, 0.25) is 5.02 Å². The van der Waals surface area contributed by atoms with E-state index in [0.29, 0.717) is 35.1 Å². The van der Waals surface area contributed by atoms with Crippen LogP contribution in [0.1, 0.15) is 19.8 Å². The first-order valence-corrected chi connectivity index (χ1v) is 12.9. The highest BCUT2D eigenvalue weighted by Gasteiger charge is 2.19. The van der Waals surface area contributed by atoms with Gasteiger partial charge in [-0.3, -0.25) is 18.5 Å². The number of benzene rings is 2. The van der Waals surface area contributed by atoms with E-state index in [1.54, 1.807) is 28.8 Å². The van der Waals surface area contributed by atoms with Crippen LogP contribution in [0.4, 0.5) is 11.4 Å². The fourth-order valence-electron chi connectivity index (χ4n) is 3.35. The van der Waals surface area contributed by atoms with E-state index < -0.39 is 10.0 Å². The summed E-state index contributed by atoms with van der Waals surface area (Å²) in [7, 11) is -2.09. The van der Waals surface area contributed by atoms with Gasteiger partial charge in [0, 0.05) is 25.2 Å². The lowest BCUT2D eigenvalue weighted by Gasteiger charge is -2.23. The van der Waals surface area contributed by atoms with Crippen LogP contribution in [-0.2, 0) is 21.4 Å². The minimum atomic E-state index is -3.57. The van der Waals surface area contributed by atoms with Gasteiger partial charge in [-0.15, -0.1) is 0 Å². The number of halogens is 1. The molecule has 0 saturated carbocycles. The van der Waals surface area contributed by atoms with Gasteiger partial charge in [-0.25, -0.2) is 8.42 Å². The predicted molar refractivity (Wildman–Crippen MR) is 130 cm³/mol. The SMILES string of the molecule is CCn1c(=O)sc2cc(NC(=O)CCCN(c3ccc(OC)c(Cl)c3)S(C)(=O)=O)ccc21. The van der Waals surface area contributed by atoms with E-state index in [4.69, 9.17) is 16.3 Å². The average molecular weight is 498 g/mol. The molecule has 0 unspecified atom stereocenters. The van der Waals surface area contributed by atoms with E-state index in [-0.39, 0.29) is 23.7 Å². The predicted octanol–water partition coefficient (Wildman–Crippen LogP) is 3.93. The Balaban J connectivity index is 1.65. The van der Waals surface area contributed by atoms with E-state index in [1.165, 1.54) is 17.5 Å². The zero-order valence-electron chi connectivity index (χ0n) is 17.9. The van der Waals surface area contributed by atoms with Gasteiger partial charge in [-0.1, -0.05) is 22.9 Å². The molecular formula is C21H24ClN3O5S2. The van der Waals surface area contributed by atoms with Crippen molar-refractivity contribution in [1.82, 2.24) is 4.57 Å². The first kappa shape index (κ1) is 24.1. The molecule has 0 fully saturated rings. The van der Waals surface area contributed by atoms with Gasteiger partial charge >= 0.3 is 4.87 Å². The minimum Gasteiger partial charge on any atom is -0.495 e. The molecule has 3 rings (SSSR count). The molecule has 3 aromatic rings. The molecule has 8 nitrogen and oxygen atoms in total. The van der Waals surface area contributed by atoms with E-state index in [0.717, 1.165) is 27.8 Å². The number of anilines is 2. The molecule has 32 heavy (non-hydrogen) atoms. The van der Waals surface area contributed by atoms with Crippen molar-refractivity contribution in [2.75, 3.05) is 29.5 Å². The van der Waals surface area contributed by atoms with E-state index in [1.807, 2.05) is 13.0 Å². The molecule has 0 aliphatic rings. The molecule has 11 heteroatoms. The van der Waals surface area contributed by atoms with Gasteiger partial charge in [0.2, 0.25) is 15.9 Å². The molecule has 172 valence electrons. The Hall–Kier alpha value is -2.56. The van der Waals surface area contributed by atoms with E-state index in [2.05, 4.69) is 5.32 Å². The van der Waals surface area contributed by atoms with Crippen LogP contribution in [0.15, 0.2) is 41.2 Å². The summed E-state index contributed by atoms with van der Waals surface area (Å²) in [6.45, 7) is 2.61. The van der Waals surface area contributed by atoms with Crippen molar-refractivity contribution < 1.29 is 17.9 Å². The van der Waals surface area contributed by atoms with Crippen LogP contribution in [0.25, 0.3) is 10.2 Å². The normalized spacial score (nSPS) is 11.5. The molecule has 0 atom stereocenters. The number of nitrogens with zero attached hydrogens (tertiary/aromatic N) is 2. The van der Waals surface area contributed by atoms with Crippen molar-refractivity contribution >= 4 is 60.5 Å². The third-order valence-electron chi connectivity index (χ3n) is 4.86. The van der Waals surface area contributed by atoms with Crippen molar-refractivity contribution in [2.24, 2.45) is 0 Å². The van der Waals surface area contributed by atoms with Gasteiger partial charge in [0.25, 0.3) is 0 Å². The van der Waals surface area contributed by atoms with Crippen LogP contribution >= 0.6 is 22.9 Å². The largest absolute Gasteiger partial charge is 0.495 e. The number of amides is 1. The van der Waals surface area contributed by atoms with E-state index in [9.17, 15) is 18.0 Å². The molecule has 1 amide bonds. The number of aromatic nitrogens is 1. The Bertz CT molecular complexity index is 1300. The third kappa shape index (κ3) is 5.43. The third-order valence-corrected chi connectivity index (χ3v) is 7.29. The van der Waals surface area contributed by atoms with Gasteiger partial charge in [-0.05, 0) is 49.7 Å². The van der Waals surface area contributed by atoms with Crippen LogP contribution < -0.4 is 19.2 Å². The fourth-order valence-corrected chi connectivity index (χ4v) is 5.55. The number of nitrogens with one attached hydrogen (secondary N) is 1. The second-order valence-corrected chi connectivity index (χ2v) is 10.4. The summed E-state index contributed by atoms with van der Waals surface area (Å²) in [4.78, 5) is 24.4. The van der Waals surface area contributed by atoms with Crippen LogP contribution in [0.5, 0.6) is 5.75 Å². The maximum absolute atomic E-state index is 12.4. The molecule has 0 spiro atoms. The zero-order valence-corrected chi connectivity index (χ0v) is 20.3. The molecular weight excluding hydrogens is 474 g/mol. The van der Waals surface area contributed by atoms with Crippen molar-refractivity contribution in [2.45, 2.75) is 26.3 Å². The number of thiazole rings is 1. The molecule has 2 aromatic carbocycles. The Labute approximate surface area is 195 Å². The number of aryl methyl sites for hydroxylation is 1. The monoisotopic (exact) mass is 497 g/mol. The Morgan fingerprint density at radius 3 is 2.62 bits per heavy atom. The van der Waals surface area contributed by atoms with Crippen LogP contribution in [0, 0.1) is 0 Å². The molecule has 0 aliphatic heterocycles. The van der Waals surface area contributed by atoms with Crippen molar-refractivity contribution in [3.05, 3.63) is 51.1 Å². The van der Waals surface area contributed by atoms with Gasteiger partial charge in [0.05, 0.1) is 34.3 Å². The quantitative estimate of drug-likeness (QED) is 0.483. The van der Waals surface area contributed by atoms with Gasteiger partial charge in [0.15, 0.2) is 0 Å². The lowest BCUT2D eigenvalue weighted by Crippen LogP contribution is -2.31. The number of sulfonamides is 1. The van der Waals surface area contributed by atoms with Crippen molar-refractivity contribution in [1.29, 1.82) is 0 Å². The highest BCUT2D eigenvalue weighted by Crippen LogP contribution is 2.30. The summed E-state index contributed by atoms with van der Waals surface area (Å²) in [6, 6.07) is 10.1. The summed E-state index contributed by atoms with van der Waals surface area (Å²) >= 11 is 7.26. The Morgan fingerprint density at radius 2 is 2.00 bits per heavy atom. The molecule has 1 N–H and O–H groups in total. The maximum Gasteiger partial charge on any atom is 0.308 e. The number of fused-ring (bicyclic) bond motifs is 1. The summed E-state index contributed by atoms with van der Waals surface area (Å²) in [5.41, 5.74) is 1.83. The molecule has 1 heterocycles. The summed E-state index contributed by atoms with van der Waals surface area (Å²) < 4.78 is 33.3. The molecule has 0 radical (unpaired) electrons. The first-order valence-electron chi connectivity index (χ1n) is 9.88. The summed E-state index contributed by atoms with van der Waals surface area (Å²) in [5, 5.41) is 3.11. The second-order valence-electron chi connectivity index (χ2n) is 7.10. The topological polar surface area (TPSA) is 97.7 Å². The number of rotatable bonds is 9. The zero-order chi connectivity index (χ0) is 23.5. The standard InChI is InChI=1S/C21H24ClN3O5S2/c1-4-24-17-9-7-14(12-19(17)31-21(24)27)23-20(26)6-5-11-25(32(3,28)29)15-8-10-18(30-2)16(22)13-15/h7-10,12-13H,4-6,11H2,1-3H3,(H,23,26). The average Bonchev–Trinajstić information content (AvgIpc) is 3.04. The Kier molecular flexibility index (Phi) is 7.47. The number of hydrogen-bond donors (Lipinski definition) is 1. The fraction of sp³-hybridized carbons (Fsp3) is 0.333. The summed E-state index contributed by atoms with van der Waals surface area (Å²) in [5.74, 6) is 0.201. The van der Waals surface area contributed by atoms with Crippen LogP contribution in [0.3, 0.4) is 0 Å². The molecule has 0 bridgehead atoms. The first-order chi connectivity index (χ1) is 15.1. The number of carbonyl (C=O) groups excluding carboxylic acids is 1. The highest BCUT2D eigenvalue weighted by molar-refractivity contribution is 7.92. The maximum atomic E-state index is 12.4. The highest BCUT2D eigenvalue weighted by atomic mass is 35.5. The second kappa shape index (κ2) is 9.93.